The molecule has 7 nitrogen and oxygen atoms in total. The molecule has 1 aromatic rings. The molecule has 6 rings (SSSR count). The zero-order chi connectivity index (χ0) is 22.5. The lowest BCUT2D eigenvalue weighted by atomic mass is 9.48. The van der Waals surface area contributed by atoms with Crippen LogP contribution < -0.4 is 0 Å². The number of carbonyl (C=O) groups excluding carboxylic acids is 2. The highest BCUT2D eigenvalue weighted by atomic mass is 32.2. The number of carbonyl (C=O) groups is 2. The van der Waals surface area contributed by atoms with Crippen LogP contribution in [0.2, 0.25) is 0 Å². The van der Waals surface area contributed by atoms with E-state index in [1.807, 2.05) is 0 Å². The lowest BCUT2D eigenvalue weighted by Gasteiger charge is -2.55. The average molecular weight is 462 g/mol. The highest BCUT2D eigenvalue weighted by Gasteiger charge is 2.54. The van der Waals surface area contributed by atoms with Gasteiger partial charge in [0.2, 0.25) is 10.0 Å². The summed E-state index contributed by atoms with van der Waals surface area (Å²) in [7, 11) is -3.73. The Morgan fingerprint density at radius 1 is 1.06 bits per heavy atom. The van der Waals surface area contributed by atoms with Gasteiger partial charge in [0.05, 0.1) is 23.7 Å². The molecule has 4 saturated carbocycles. The smallest absolute Gasteiger partial charge is 0.338 e. The first-order valence-electron chi connectivity index (χ1n) is 11.7. The molecule has 0 spiro atoms. The Labute approximate surface area is 189 Å². The van der Waals surface area contributed by atoms with E-state index in [2.05, 4.69) is 0 Å². The van der Waals surface area contributed by atoms with Gasteiger partial charge in [0.25, 0.3) is 0 Å². The molecule has 0 aromatic heterocycles. The molecule has 4 bridgehead atoms. The number of ketones is 1. The summed E-state index contributed by atoms with van der Waals surface area (Å²) in [5, 5.41) is 0. The second-order valence-corrected chi connectivity index (χ2v) is 12.1. The number of hydrogen-bond acceptors (Lipinski definition) is 6. The van der Waals surface area contributed by atoms with E-state index in [0.717, 1.165) is 19.3 Å². The Hall–Kier alpha value is -1.77. The Bertz CT molecular complexity index is 992. The molecule has 0 radical (unpaired) electrons. The third-order valence-corrected chi connectivity index (χ3v) is 10.0. The number of sulfonamides is 1. The van der Waals surface area contributed by atoms with Gasteiger partial charge in [-0.05, 0) is 80.9 Å². The van der Waals surface area contributed by atoms with E-state index in [1.54, 1.807) is 19.1 Å². The molecule has 0 unspecified atom stereocenters. The van der Waals surface area contributed by atoms with Crippen LogP contribution in [0.25, 0.3) is 0 Å². The van der Waals surface area contributed by atoms with E-state index < -0.39 is 16.0 Å². The third-order valence-electron chi connectivity index (χ3n) is 7.98. The van der Waals surface area contributed by atoms with Crippen LogP contribution in [0.3, 0.4) is 0 Å². The fourth-order valence-electron chi connectivity index (χ4n) is 6.75. The summed E-state index contributed by atoms with van der Waals surface area (Å²) in [6.07, 6.45) is 6.54. The van der Waals surface area contributed by atoms with Crippen LogP contribution in [0.4, 0.5) is 0 Å². The lowest BCUT2D eigenvalue weighted by Crippen LogP contribution is -2.51. The first-order chi connectivity index (χ1) is 15.3. The zero-order valence-electron chi connectivity index (χ0n) is 18.5. The van der Waals surface area contributed by atoms with Crippen molar-refractivity contribution in [1.82, 2.24) is 4.31 Å². The number of benzene rings is 1. The third kappa shape index (κ3) is 3.90. The fourth-order valence-corrected chi connectivity index (χ4v) is 8.41. The van der Waals surface area contributed by atoms with E-state index >= 15 is 0 Å². The molecule has 1 aliphatic heterocycles. The fraction of sp³-hybridized carbons (Fsp3) is 0.667. The molecule has 1 aromatic carbocycles. The van der Waals surface area contributed by atoms with Crippen molar-refractivity contribution in [2.24, 2.45) is 23.2 Å². The van der Waals surface area contributed by atoms with Crippen molar-refractivity contribution in [3.8, 4) is 0 Å². The minimum Gasteiger partial charge on any atom is -0.454 e. The Morgan fingerprint density at radius 2 is 1.66 bits per heavy atom. The maximum Gasteiger partial charge on any atom is 0.338 e. The quantitative estimate of drug-likeness (QED) is 0.605. The Balaban J connectivity index is 1.28. The molecule has 32 heavy (non-hydrogen) atoms. The summed E-state index contributed by atoms with van der Waals surface area (Å²) in [5.41, 5.74) is 0.408. The molecule has 0 amide bonds. The summed E-state index contributed by atoms with van der Waals surface area (Å²) in [6, 6.07) is 4.55. The number of Topliss-reactive ketones (excluding diaryl/α,β-unsaturated/α-hetero) is 1. The lowest BCUT2D eigenvalue weighted by molar-refractivity contribution is -0.147. The van der Waals surface area contributed by atoms with Crippen molar-refractivity contribution in [1.29, 1.82) is 0 Å². The molecular weight excluding hydrogens is 430 g/mol. The van der Waals surface area contributed by atoms with Gasteiger partial charge in [-0.25, -0.2) is 13.2 Å². The van der Waals surface area contributed by atoms with Crippen LogP contribution in [0.1, 0.15) is 54.4 Å². The summed E-state index contributed by atoms with van der Waals surface area (Å²) in [4.78, 5) is 26.0. The van der Waals surface area contributed by atoms with Crippen molar-refractivity contribution in [3.05, 3.63) is 29.3 Å². The minimum absolute atomic E-state index is 0.0400. The number of morpholine rings is 1. The molecule has 4 aliphatic carbocycles. The Morgan fingerprint density at radius 3 is 2.25 bits per heavy atom. The van der Waals surface area contributed by atoms with E-state index in [4.69, 9.17) is 9.47 Å². The van der Waals surface area contributed by atoms with Gasteiger partial charge in [-0.3, -0.25) is 4.79 Å². The van der Waals surface area contributed by atoms with Gasteiger partial charge in [-0.1, -0.05) is 6.07 Å². The molecule has 0 atom stereocenters. The highest BCUT2D eigenvalue weighted by molar-refractivity contribution is 7.89. The number of aryl methyl sites for hydroxylation is 1. The molecule has 8 heteroatoms. The number of esters is 1. The Kier molecular flexibility index (Phi) is 5.66. The van der Waals surface area contributed by atoms with Crippen molar-refractivity contribution < 1.29 is 27.5 Å². The largest absolute Gasteiger partial charge is 0.454 e. The number of nitrogens with zero attached hydrogens (tertiary/aromatic N) is 1. The maximum absolute atomic E-state index is 13.1. The average Bonchev–Trinajstić information content (AvgIpc) is 2.77. The molecule has 5 aliphatic rings. The second-order valence-electron chi connectivity index (χ2n) is 10.2. The topological polar surface area (TPSA) is 90.0 Å². The summed E-state index contributed by atoms with van der Waals surface area (Å²) in [6.45, 7) is 2.76. The zero-order valence-corrected chi connectivity index (χ0v) is 19.4. The van der Waals surface area contributed by atoms with Gasteiger partial charge in [0.15, 0.2) is 12.4 Å². The predicted molar refractivity (Wildman–Crippen MR) is 117 cm³/mol. The maximum atomic E-state index is 13.1. The van der Waals surface area contributed by atoms with Crippen molar-refractivity contribution in [2.45, 2.75) is 50.3 Å². The van der Waals surface area contributed by atoms with E-state index in [9.17, 15) is 18.0 Å². The van der Waals surface area contributed by atoms with Gasteiger partial charge < -0.3 is 9.47 Å². The van der Waals surface area contributed by atoms with E-state index in [1.165, 1.54) is 29.6 Å². The second kappa shape index (κ2) is 8.22. The van der Waals surface area contributed by atoms with Gasteiger partial charge in [0.1, 0.15) is 0 Å². The first-order valence-corrected chi connectivity index (χ1v) is 13.1. The van der Waals surface area contributed by atoms with Crippen LogP contribution in [-0.4, -0.2) is 57.4 Å². The van der Waals surface area contributed by atoms with Crippen LogP contribution >= 0.6 is 0 Å². The molecule has 174 valence electrons. The van der Waals surface area contributed by atoms with E-state index in [0.29, 0.717) is 36.5 Å². The summed E-state index contributed by atoms with van der Waals surface area (Å²) in [5.74, 6) is 1.32. The van der Waals surface area contributed by atoms with Crippen LogP contribution in [0.15, 0.2) is 23.1 Å². The minimum atomic E-state index is -3.73. The van der Waals surface area contributed by atoms with Crippen LogP contribution in [-0.2, 0) is 24.3 Å². The SMILES string of the molecule is Cc1ccc(C(=O)OCC(=O)C23CC4CC(CC(C4)C2)C3)cc1S(=O)(=O)N1CCOCC1. The highest BCUT2D eigenvalue weighted by Crippen LogP contribution is 2.60. The summed E-state index contributed by atoms with van der Waals surface area (Å²) >= 11 is 0. The monoisotopic (exact) mass is 461 g/mol. The van der Waals surface area contributed by atoms with Crippen LogP contribution in [0.5, 0.6) is 0 Å². The summed E-state index contributed by atoms with van der Waals surface area (Å²) < 4.78 is 38.2. The van der Waals surface area contributed by atoms with Gasteiger partial charge >= 0.3 is 5.97 Å². The van der Waals surface area contributed by atoms with Crippen molar-refractivity contribution in [2.75, 3.05) is 32.9 Å². The normalized spacial score (nSPS) is 32.1. The van der Waals surface area contributed by atoms with E-state index in [-0.39, 0.29) is 41.4 Å². The molecule has 5 fully saturated rings. The number of ether oxygens (including phenoxy) is 2. The molecule has 0 N–H and O–H groups in total. The molecule has 1 heterocycles. The molecular formula is C24H31NO6S. The van der Waals surface area contributed by atoms with Crippen molar-refractivity contribution in [3.63, 3.8) is 0 Å². The van der Waals surface area contributed by atoms with Crippen LogP contribution in [0, 0.1) is 30.1 Å². The van der Waals surface area contributed by atoms with Gasteiger partial charge in [0, 0.05) is 18.5 Å². The standard InChI is InChI=1S/C24H31NO6S/c1-16-2-3-20(11-21(16)32(28,29)25-4-6-30-7-5-25)23(27)31-15-22(26)24-12-17-8-18(13-24)10-19(9-17)14-24/h2-3,11,17-19H,4-10,12-15H2,1H3. The predicted octanol–water partition coefficient (Wildman–Crippen LogP) is 2.96. The molecule has 1 saturated heterocycles. The number of hydrogen-bond donors (Lipinski definition) is 0. The van der Waals surface area contributed by atoms with Gasteiger partial charge in [-0.2, -0.15) is 4.31 Å². The first kappa shape index (κ1) is 22.0. The van der Waals surface area contributed by atoms with Gasteiger partial charge in [-0.15, -0.1) is 0 Å². The van der Waals surface area contributed by atoms with Crippen molar-refractivity contribution >= 4 is 21.8 Å². The number of rotatable bonds is 6.